The molecule has 1 aromatic rings. The first-order valence-electron chi connectivity index (χ1n) is 7.26. The minimum Gasteiger partial charge on any atom is -0.496 e. The molecule has 104 valence electrons. The van der Waals surface area contributed by atoms with Crippen LogP contribution >= 0.6 is 0 Å². The van der Waals surface area contributed by atoms with Crippen molar-refractivity contribution in [3.63, 3.8) is 0 Å². The molecule has 19 heavy (non-hydrogen) atoms. The van der Waals surface area contributed by atoms with Crippen molar-refractivity contribution in [1.82, 2.24) is 5.32 Å². The van der Waals surface area contributed by atoms with Gasteiger partial charge in [0.1, 0.15) is 5.75 Å². The average Bonchev–Trinajstić information content (AvgIpc) is 3.15. The molecule has 0 aromatic heterocycles. The van der Waals surface area contributed by atoms with Gasteiger partial charge in [0.05, 0.1) is 13.2 Å². The summed E-state index contributed by atoms with van der Waals surface area (Å²) in [5.41, 5.74) is 2.52. The lowest BCUT2D eigenvalue weighted by Crippen LogP contribution is -2.37. The molecule has 2 aliphatic rings. The van der Waals surface area contributed by atoms with Gasteiger partial charge in [0, 0.05) is 19.2 Å². The van der Waals surface area contributed by atoms with Gasteiger partial charge < -0.3 is 14.8 Å². The summed E-state index contributed by atoms with van der Waals surface area (Å²) in [6, 6.07) is 6.93. The van der Waals surface area contributed by atoms with Crippen molar-refractivity contribution < 1.29 is 9.47 Å². The Bertz CT molecular complexity index is 442. The standard InChI is InChI=1S/C16H23NO2/c1-11-9-12(3-6-15(11)18-2)10-17-14-7-8-19-16(14)13-4-5-13/h3,6,9,13-14,16-17H,4-5,7-8,10H2,1-2H3. The highest BCUT2D eigenvalue weighted by Crippen LogP contribution is 2.38. The fraction of sp³-hybridized carbons (Fsp3) is 0.625. The largest absolute Gasteiger partial charge is 0.496 e. The third kappa shape index (κ3) is 2.93. The van der Waals surface area contributed by atoms with Crippen LogP contribution < -0.4 is 10.1 Å². The third-order valence-corrected chi connectivity index (χ3v) is 4.25. The minimum atomic E-state index is 0.458. The lowest BCUT2D eigenvalue weighted by atomic mass is 10.1. The molecule has 2 unspecified atom stereocenters. The maximum atomic E-state index is 5.86. The molecule has 2 atom stereocenters. The zero-order valence-electron chi connectivity index (χ0n) is 11.8. The van der Waals surface area contributed by atoms with Crippen LogP contribution in [0.4, 0.5) is 0 Å². The van der Waals surface area contributed by atoms with Gasteiger partial charge in [0.15, 0.2) is 0 Å². The average molecular weight is 261 g/mol. The summed E-state index contributed by atoms with van der Waals surface area (Å²) in [5.74, 6) is 1.78. The van der Waals surface area contributed by atoms with Gasteiger partial charge in [-0.2, -0.15) is 0 Å². The van der Waals surface area contributed by atoms with Crippen LogP contribution in [0.2, 0.25) is 0 Å². The molecule has 0 amide bonds. The normalized spacial score (nSPS) is 26.6. The van der Waals surface area contributed by atoms with Crippen LogP contribution in [0.25, 0.3) is 0 Å². The Balaban J connectivity index is 1.58. The summed E-state index contributed by atoms with van der Waals surface area (Å²) in [5, 5.41) is 3.67. The molecule has 1 heterocycles. The topological polar surface area (TPSA) is 30.5 Å². The van der Waals surface area contributed by atoms with Gasteiger partial charge in [-0.3, -0.25) is 0 Å². The van der Waals surface area contributed by atoms with E-state index in [0.29, 0.717) is 12.1 Å². The molecule has 1 saturated heterocycles. The zero-order chi connectivity index (χ0) is 13.2. The summed E-state index contributed by atoms with van der Waals surface area (Å²) in [6.45, 7) is 3.93. The van der Waals surface area contributed by atoms with Gasteiger partial charge in [0.2, 0.25) is 0 Å². The Kier molecular flexibility index (Phi) is 3.76. The van der Waals surface area contributed by atoms with Crippen molar-refractivity contribution in [2.24, 2.45) is 5.92 Å². The van der Waals surface area contributed by atoms with E-state index in [9.17, 15) is 0 Å². The predicted molar refractivity (Wildman–Crippen MR) is 75.4 cm³/mol. The van der Waals surface area contributed by atoms with E-state index in [1.807, 2.05) is 0 Å². The van der Waals surface area contributed by atoms with Crippen LogP contribution in [0.5, 0.6) is 5.75 Å². The Morgan fingerprint density at radius 2 is 2.16 bits per heavy atom. The first-order valence-corrected chi connectivity index (χ1v) is 7.26. The predicted octanol–water partition coefficient (Wildman–Crippen LogP) is 2.66. The lowest BCUT2D eigenvalue weighted by molar-refractivity contribution is 0.0809. The fourth-order valence-electron chi connectivity index (χ4n) is 3.02. The van der Waals surface area contributed by atoms with Gasteiger partial charge in [-0.25, -0.2) is 0 Å². The second kappa shape index (κ2) is 5.51. The number of hydrogen-bond donors (Lipinski definition) is 1. The summed E-state index contributed by atoms with van der Waals surface area (Å²) >= 11 is 0. The maximum absolute atomic E-state index is 5.86. The Morgan fingerprint density at radius 3 is 2.84 bits per heavy atom. The molecule has 1 saturated carbocycles. The van der Waals surface area contributed by atoms with Crippen LogP contribution in [0.3, 0.4) is 0 Å². The number of hydrogen-bond acceptors (Lipinski definition) is 3. The number of rotatable bonds is 5. The summed E-state index contributed by atoms with van der Waals surface area (Å²) < 4.78 is 11.1. The van der Waals surface area contributed by atoms with Gasteiger partial charge in [-0.15, -0.1) is 0 Å². The van der Waals surface area contributed by atoms with Crippen LogP contribution in [0.15, 0.2) is 18.2 Å². The Hall–Kier alpha value is -1.06. The van der Waals surface area contributed by atoms with Crippen LogP contribution in [-0.4, -0.2) is 25.9 Å². The molecule has 1 aliphatic carbocycles. The van der Waals surface area contributed by atoms with Crippen LogP contribution in [0, 0.1) is 12.8 Å². The van der Waals surface area contributed by atoms with Gasteiger partial charge in [-0.05, 0) is 49.3 Å². The molecule has 0 radical (unpaired) electrons. The molecule has 1 aliphatic heterocycles. The van der Waals surface area contributed by atoms with E-state index in [4.69, 9.17) is 9.47 Å². The molecule has 3 rings (SSSR count). The van der Waals surface area contributed by atoms with Crippen molar-refractivity contribution in [1.29, 1.82) is 0 Å². The number of nitrogens with one attached hydrogen (secondary N) is 1. The highest BCUT2D eigenvalue weighted by Gasteiger charge is 2.40. The van der Waals surface area contributed by atoms with Crippen molar-refractivity contribution in [2.45, 2.75) is 44.9 Å². The number of benzene rings is 1. The minimum absolute atomic E-state index is 0.458. The fourth-order valence-corrected chi connectivity index (χ4v) is 3.02. The van der Waals surface area contributed by atoms with E-state index < -0.39 is 0 Å². The number of ether oxygens (including phenoxy) is 2. The number of methoxy groups -OCH3 is 1. The molecular formula is C16H23NO2. The zero-order valence-corrected chi connectivity index (χ0v) is 11.8. The van der Waals surface area contributed by atoms with Crippen molar-refractivity contribution >= 4 is 0 Å². The molecule has 1 aromatic carbocycles. The molecule has 0 spiro atoms. The van der Waals surface area contributed by atoms with Crippen LogP contribution in [0.1, 0.15) is 30.4 Å². The summed E-state index contributed by atoms with van der Waals surface area (Å²) in [6.07, 6.45) is 4.31. The van der Waals surface area contributed by atoms with Crippen molar-refractivity contribution in [3.05, 3.63) is 29.3 Å². The monoisotopic (exact) mass is 261 g/mol. The lowest BCUT2D eigenvalue weighted by Gasteiger charge is -2.19. The first kappa shape index (κ1) is 12.9. The van der Waals surface area contributed by atoms with E-state index in [0.717, 1.165) is 31.2 Å². The second-order valence-electron chi connectivity index (χ2n) is 5.75. The van der Waals surface area contributed by atoms with E-state index in [-0.39, 0.29) is 0 Å². The molecule has 3 nitrogen and oxygen atoms in total. The van der Waals surface area contributed by atoms with Gasteiger partial charge >= 0.3 is 0 Å². The maximum Gasteiger partial charge on any atom is 0.121 e. The molecular weight excluding hydrogens is 238 g/mol. The van der Waals surface area contributed by atoms with E-state index in [2.05, 4.69) is 30.4 Å². The second-order valence-corrected chi connectivity index (χ2v) is 5.75. The third-order valence-electron chi connectivity index (χ3n) is 4.25. The highest BCUT2D eigenvalue weighted by atomic mass is 16.5. The SMILES string of the molecule is COc1ccc(CNC2CCOC2C2CC2)cc1C. The van der Waals surface area contributed by atoms with Gasteiger partial charge in [-0.1, -0.05) is 12.1 Å². The summed E-state index contributed by atoms with van der Waals surface area (Å²) in [4.78, 5) is 0. The Labute approximate surface area is 115 Å². The first-order chi connectivity index (χ1) is 9.28. The highest BCUT2D eigenvalue weighted by molar-refractivity contribution is 5.36. The molecule has 0 bridgehead atoms. The van der Waals surface area contributed by atoms with Gasteiger partial charge in [0.25, 0.3) is 0 Å². The number of aryl methyl sites for hydroxylation is 1. The summed E-state index contributed by atoms with van der Waals surface area (Å²) in [7, 11) is 1.72. The van der Waals surface area contributed by atoms with Crippen molar-refractivity contribution in [3.8, 4) is 5.75 Å². The van der Waals surface area contributed by atoms with Crippen molar-refractivity contribution in [2.75, 3.05) is 13.7 Å². The quantitative estimate of drug-likeness (QED) is 0.884. The van der Waals surface area contributed by atoms with E-state index >= 15 is 0 Å². The van der Waals surface area contributed by atoms with E-state index in [1.165, 1.54) is 24.0 Å². The molecule has 3 heteroatoms. The van der Waals surface area contributed by atoms with E-state index in [1.54, 1.807) is 7.11 Å². The smallest absolute Gasteiger partial charge is 0.121 e. The molecule has 1 N–H and O–H groups in total. The molecule has 2 fully saturated rings. The Morgan fingerprint density at radius 1 is 1.32 bits per heavy atom. The van der Waals surface area contributed by atoms with Crippen LogP contribution in [-0.2, 0) is 11.3 Å².